The Hall–Kier alpha value is -2.49. The zero-order chi connectivity index (χ0) is 15.4. The van der Waals surface area contributed by atoms with Gasteiger partial charge in [0.2, 0.25) is 17.7 Å². The molecule has 1 amide bonds. The third-order valence-corrected chi connectivity index (χ3v) is 3.44. The third kappa shape index (κ3) is 3.34. The fourth-order valence-corrected chi connectivity index (χ4v) is 2.54. The number of nitrogen functional groups attached to an aromatic ring is 1. The number of aromatic nitrogens is 2. The van der Waals surface area contributed by atoms with Crippen molar-refractivity contribution < 1.29 is 9.72 Å². The predicted molar refractivity (Wildman–Crippen MR) is 75.3 cm³/mol. The summed E-state index contributed by atoms with van der Waals surface area (Å²) >= 11 is 0. The van der Waals surface area contributed by atoms with Gasteiger partial charge in [-0.25, -0.2) is 10.8 Å². The first kappa shape index (κ1) is 14.9. The summed E-state index contributed by atoms with van der Waals surface area (Å²) in [7, 11) is 0. The van der Waals surface area contributed by atoms with Crippen molar-refractivity contribution in [3.05, 3.63) is 16.3 Å². The first-order chi connectivity index (χ1) is 10.0. The van der Waals surface area contributed by atoms with E-state index in [1.807, 2.05) is 0 Å². The Morgan fingerprint density at radius 2 is 2.19 bits per heavy atom. The van der Waals surface area contributed by atoms with E-state index in [2.05, 4.69) is 15.4 Å². The Morgan fingerprint density at radius 3 is 2.71 bits per heavy atom. The molecule has 0 saturated heterocycles. The Labute approximate surface area is 120 Å². The molecule has 1 fully saturated rings. The van der Waals surface area contributed by atoms with E-state index >= 15 is 0 Å². The molecule has 0 atom stereocenters. The summed E-state index contributed by atoms with van der Waals surface area (Å²) in [6, 6.07) is -0.00303. The van der Waals surface area contributed by atoms with Crippen molar-refractivity contribution >= 4 is 23.4 Å². The molecule has 0 radical (unpaired) electrons. The SMILES string of the molecule is NNc1ncc([N+](=O)[O-])c(N(CC(N)=O)C2CCCC2)n1. The molecule has 5 N–H and O–H groups in total. The lowest BCUT2D eigenvalue weighted by molar-refractivity contribution is -0.384. The second-order valence-corrected chi connectivity index (χ2v) is 4.84. The molecule has 10 heteroatoms. The van der Waals surface area contributed by atoms with Crippen molar-refractivity contribution in [2.45, 2.75) is 31.7 Å². The second-order valence-electron chi connectivity index (χ2n) is 4.84. The molecule has 1 aliphatic rings. The maximum absolute atomic E-state index is 11.3. The van der Waals surface area contributed by atoms with E-state index in [1.165, 1.54) is 0 Å². The molecule has 0 aliphatic heterocycles. The van der Waals surface area contributed by atoms with Crippen LogP contribution in [-0.4, -0.2) is 33.4 Å². The Bertz CT molecular complexity index is 545. The number of carbonyl (C=O) groups excluding carboxylic acids is 1. The molecule has 10 nitrogen and oxygen atoms in total. The van der Waals surface area contributed by atoms with E-state index in [0.717, 1.165) is 31.9 Å². The average Bonchev–Trinajstić information content (AvgIpc) is 2.97. The Balaban J connectivity index is 2.45. The third-order valence-electron chi connectivity index (χ3n) is 3.44. The molecule has 114 valence electrons. The Morgan fingerprint density at radius 1 is 1.52 bits per heavy atom. The van der Waals surface area contributed by atoms with Gasteiger partial charge >= 0.3 is 5.69 Å². The largest absolute Gasteiger partial charge is 0.368 e. The van der Waals surface area contributed by atoms with Crippen LogP contribution in [0.15, 0.2) is 6.20 Å². The fourth-order valence-electron chi connectivity index (χ4n) is 2.54. The molecule has 21 heavy (non-hydrogen) atoms. The zero-order valence-electron chi connectivity index (χ0n) is 11.4. The summed E-state index contributed by atoms with van der Waals surface area (Å²) in [6.07, 6.45) is 4.74. The van der Waals surface area contributed by atoms with Crippen LogP contribution in [0.1, 0.15) is 25.7 Å². The van der Waals surface area contributed by atoms with Gasteiger partial charge in [-0.15, -0.1) is 0 Å². The van der Waals surface area contributed by atoms with Gasteiger partial charge in [-0.2, -0.15) is 4.98 Å². The summed E-state index contributed by atoms with van der Waals surface area (Å²) in [4.78, 5) is 31.2. The van der Waals surface area contributed by atoms with E-state index in [1.54, 1.807) is 4.90 Å². The number of nitrogens with one attached hydrogen (secondary N) is 1. The molecule has 1 aliphatic carbocycles. The van der Waals surface area contributed by atoms with Crippen molar-refractivity contribution in [1.82, 2.24) is 9.97 Å². The maximum atomic E-state index is 11.3. The van der Waals surface area contributed by atoms with Crippen LogP contribution in [0.4, 0.5) is 17.5 Å². The first-order valence-corrected chi connectivity index (χ1v) is 6.56. The van der Waals surface area contributed by atoms with Crippen LogP contribution in [0, 0.1) is 10.1 Å². The molecule has 0 spiro atoms. The van der Waals surface area contributed by atoms with E-state index in [-0.39, 0.29) is 30.0 Å². The highest BCUT2D eigenvalue weighted by Gasteiger charge is 2.31. The summed E-state index contributed by atoms with van der Waals surface area (Å²) in [5, 5.41) is 11.2. The van der Waals surface area contributed by atoms with Crippen molar-refractivity contribution in [1.29, 1.82) is 0 Å². The lowest BCUT2D eigenvalue weighted by Gasteiger charge is -2.28. The van der Waals surface area contributed by atoms with Gasteiger partial charge in [-0.3, -0.25) is 20.3 Å². The first-order valence-electron chi connectivity index (χ1n) is 6.56. The smallest absolute Gasteiger partial charge is 0.329 e. The molecule has 1 heterocycles. The van der Waals surface area contributed by atoms with Crippen LogP contribution < -0.4 is 21.9 Å². The van der Waals surface area contributed by atoms with Gasteiger partial charge in [0.15, 0.2) is 0 Å². The number of hydrazine groups is 1. The van der Waals surface area contributed by atoms with Crippen molar-refractivity contribution in [2.24, 2.45) is 11.6 Å². The number of nitrogens with two attached hydrogens (primary N) is 2. The number of hydrogen-bond acceptors (Lipinski definition) is 8. The number of primary amides is 1. The van der Waals surface area contributed by atoms with E-state index in [0.29, 0.717) is 0 Å². The van der Waals surface area contributed by atoms with E-state index < -0.39 is 10.8 Å². The number of nitro groups is 1. The summed E-state index contributed by atoms with van der Waals surface area (Å²) in [5.41, 5.74) is 7.23. The summed E-state index contributed by atoms with van der Waals surface area (Å²) in [5.74, 6) is 4.78. The highest BCUT2D eigenvalue weighted by atomic mass is 16.6. The highest BCUT2D eigenvalue weighted by Crippen LogP contribution is 2.32. The van der Waals surface area contributed by atoms with Crippen molar-refractivity contribution in [3.63, 3.8) is 0 Å². The van der Waals surface area contributed by atoms with Crippen LogP contribution in [0.3, 0.4) is 0 Å². The van der Waals surface area contributed by atoms with Crippen LogP contribution in [-0.2, 0) is 4.79 Å². The quantitative estimate of drug-likeness (QED) is 0.373. The van der Waals surface area contributed by atoms with Crippen molar-refractivity contribution in [2.75, 3.05) is 16.9 Å². The molecule has 1 saturated carbocycles. The van der Waals surface area contributed by atoms with Gasteiger partial charge in [0, 0.05) is 6.04 Å². The van der Waals surface area contributed by atoms with Gasteiger partial charge in [-0.1, -0.05) is 12.8 Å². The topological polar surface area (TPSA) is 153 Å². The molecule has 2 rings (SSSR count). The fraction of sp³-hybridized carbons (Fsp3) is 0.545. The molecular weight excluding hydrogens is 278 g/mol. The number of hydrogen-bond donors (Lipinski definition) is 3. The number of nitrogens with zero attached hydrogens (tertiary/aromatic N) is 4. The van der Waals surface area contributed by atoms with Gasteiger partial charge in [0.1, 0.15) is 6.20 Å². The normalized spacial score (nSPS) is 14.9. The number of carbonyl (C=O) groups is 1. The van der Waals surface area contributed by atoms with Crippen LogP contribution in [0.25, 0.3) is 0 Å². The molecule has 0 bridgehead atoms. The predicted octanol–water partition coefficient (Wildman–Crippen LogP) is -0.0953. The molecular formula is C11H17N7O3. The zero-order valence-corrected chi connectivity index (χ0v) is 11.4. The van der Waals surface area contributed by atoms with Crippen molar-refractivity contribution in [3.8, 4) is 0 Å². The number of anilines is 2. The lowest BCUT2D eigenvalue weighted by atomic mass is 10.2. The summed E-state index contributed by atoms with van der Waals surface area (Å²) in [6.45, 7) is -0.132. The molecule has 0 aromatic carbocycles. The van der Waals surface area contributed by atoms with Crippen LogP contribution in [0.2, 0.25) is 0 Å². The minimum atomic E-state index is -0.585. The Kier molecular flexibility index (Phi) is 4.48. The highest BCUT2D eigenvalue weighted by molar-refractivity contribution is 5.80. The molecule has 1 aromatic heterocycles. The van der Waals surface area contributed by atoms with Gasteiger partial charge in [0.05, 0.1) is 11.5 Å². The maximum Gasteiger partial charge on any atom is 0.329 e. The van der Waals surface area contributed by atoms with Crippen LogP contribution >= 0.6 is 0 Å². The average molecular weight is 295 g/mol. The van der Waals surface area contributed by atoms with Gasteiger partial charge in [0.25, 0.3) is 0 Å². The summed E-state index contributed by atoms with van der Waals surface area (Å²) < 4.78 is 0. The van der Waals surface area contributed by atoms with E-state index in [4.69, 9.17) is 11.6 Å². The standard InChI is InChI=1S/C11H17N7O3/c12-9(19)6-17(7-3-1-2-4-7)10-8(18(20)21)5-14-11(15-10)16-13/h5,7H,1-4,6,13H2,(H2,12,19)(H,14,15,16). The lowest BCUT2D eigenvalue weighted by Crippen LogP contribution is -2.41. The molecule has 1 aromatic rings. The van der Waals surface area contributed by atoms with Gasteiger partial charge < -0.3 is 10.6 Å². The number of amides is 1. The second kappa shape index (κ2) is 6.31. The van der Waals surface area contributed by atoms with Crippen LogP contribution in [0.5, 0.6) is 0 Å². The minimum Gasteiger partial charge on any atom is -0.368 e. The number of rotatable bonds is 6. The molecule has 0 unspecified atom stereocenters. The van der Waals surface area contributed by atoms with Gasteiger partial charge in [-0.05, 0) is 12.8 Å². The monoisotopic (exact) mass is 295 g/mol. The van der Waals surface area contributed by atoms with E-state index in [9.17, 15) is 14.9 Å². The minimum absolute atomic E-state index is 0.00303.